The zero-order chi connectivity index (χ0) is 12.1. The van der Waals surface area contributed by atoms with Gasteiger partial charge < -0.3 is 10.6 Å². The molecule has 4 nitrogen and oxygen atoms in total. The third-order valence-electron chi connectivity index (χ3n) is 2.11. The van der Waals surface area contributed by atoms with Gasteiger partial charge in [-0.15, -0.1) is 11.3 Å². The first kappa shape index (κ1) is 13.5. The van der Waals surface area contributed by atoms with Crippen LogP contribution < -0.4 is 5.73 Å². The molecule has 0 fully saturated rings. The molecule has 6 heteroatoms. The Balaban J connectivity index is 2.65. The van der Waals surface area contributed by atoms with Gasteiger partial charge in [-0.05, 0) is 13.2 Å². The molecule has 1 unspecified atom stereocenters. The first-order valence-corrected chi connectivity index (χ1v) is 7.29. The SMILES string of the molecule is CSCCN(C)C(=O)c1csc(C(C)N)n1. The van der Waals surface area contributed by atoms with E-state index in [1.165, 1.54) is 11.3 Å². The van der Waals surface area contributed by atoms with E-state index in [1.807, 2.05) is 13.2 Å². The molecule has 1 amide bonds. The molecular formula is C10H17N3OS2. The van der Waals surface area contributed by atoms with E-state index in [0.29, 0.717) is 5.69 Å². The van der Waals surface area contributed by atoms with Crippen molar-refractivity contribution in [1.29, 1.82) is 0 Å². The van der Waals surface area contributed by atoms with Crippen LogP contribution in [0.25, 0.3) is 0 Å². The Hall–Kier alpha value is -0.590. The highest BCUT2D eigenvalue weighted by Crippen LogP contribution is 2.16. The molecule has 90 valence electrons. The van der Waals surface area contributed by atoms with Crippen molar-refractivity contribution in [3.8, 4) is 0 Å². The number of aromatic nitrogens is 1. The molecule has 0 bridgehead atoms. The molecule has 0 aliphatic rings. The minimum Gasteiger partial charge on any atom is -0.340 e. The van der Waals surface area contributed by atoms with Gasteiger partial charge in [0, 0.05) is 24.7 Å². The summed E-state index contributed by atoms with van der Waals surface area (Å²) in [5.74, 6) is 0.907. The van der Waals surface area contributed by atoms with Crippen molar-refractivity contribution in [1.82, 2.24) is 9.88 Å². The molecule has 1 heterocycles. The molecule has 1 aromatic heterocycles. The highest BCUT2D eigenvalue weighted by atomic mass is 32.2. The second-order valence-corrected chi connectivity index (χ2v) is 5.45. The van der Waals surface area contributed by atoms with Crippen LogP contribution in [0.1, 0.15) is 28.5 Å². The number of nitrogens with zero attached hydrogens (tertiary/aromatic N) is 2. The average molecular weight is 259 g/mol. The first-order chi connectivity index (χ1) is 7.56. The van der Waals surface area contributed by atoms with Crippen LogP contribution in [0.3, 0.4) is 0 Å². The molecule has 0 saturated carbocycles. The Bertz CT molecular complexity index is 352. The first-order valence-electron chi connectivity index (χ1n) is 5.01. The van der Waals surface area contributed by atoms with E-state index in [9.17, 15) is 4.79 Å². The minimum absolute atomic E-state index is 0.0304. The summed E-state index contributed by atoms with van der Waals surface area (Å²) >= 11 is 3.16. The predicted octanol–water partition coefficient (Wildman–Crippen LogP) is 1.60. The molecule has 0 aliphatic carbocycles. The molecule has 1 aromatic rings. The van der Waals surface area contributed by atoms with Gasteiger partial charge in [-0.25, -0.2) is 4.98 Å². The van der Waals surface area contributed by atoms with E-state index in [2.05, 4.69) is 4.98 Å². The lowest BCUT2D eigenvalue weighted by Crippen LogP contribution is -2.29. The lowest BCUT2D eigenvalue weighted by atomic mass is 10.4. The molecule has 0 saturated heterocycles. The summed E-state index contributed by atoms with van der Waals surface area (Å²) in [7, 11) is 1.80. The number of thiazole rings is 1. The van der Waals surface area contributed by atoms with Crippen molar-refractivity contribution in [2.24, 2.45) is 5.73 Å². The van der Waals surface area contributed by atoms with Gasteiger partial charge in [-0.1, -0.05) is 0 Å². The van der Waals surface area contributed by atoms with Gasteiger partial charge in [0.1, 0.15) is 10.7 Å². The number of hydrogen-bond donors (Lipinski definition) is 1. The normalized spacial score (nSPS) is 12.5. The minimum atomic E-state index is -0.108. The van der Waals surface area contributed by atoms with Crippen LogP contribution >= 0.6 is 23.1 Å². The van der Waals surface area contributed by atoms with Crippen molar-refractivity contribution in [2.75, 3.05) is 25.6 Å². The molecule has 2 N–H and O–H groups in total. The summed E-state index contributed by atoms with van der Waals surface area (Å²) in [5, 5.41) is 2.58. The zero-order valence-corrected chi connectivity index (χ0v) is 11.4. The molecule has 0 aliphatic heterocycles. The second kappa shape index (κ2) is 6.22. The molecular weight excluding hydrogens is 242 g/mol. The maximum atomic E-state index is 11.9. The fourth-order valence-corrected chi connectivity index (χ4v) is 2.33. The van der Waals surface area contributed by atoms with Gasteiger partial charge in [0.25, 0.3) is 5.91 Å². The topological polar surface area (TPSA) is 59.2 Å². The number of rotatable bonds is 5. The third kappa shape index (κ3) is 3.47. The van der Waals surface area contributed by atoms with Gasteiger partial charge in [0.2, 0.25) is 0 Å². The fourth-order valence-electron chi connectivity index (χ4n) is 1.12. The van der Waals surface area contributed by atoms with Crippen LogP contribution in [-0.2, 0) is 0 Å². The van der Waals surface area contributed by atoms with Crippen LogP contribution in [-0.4, -0.2) is 41.4 Å². The summed E-state index contributed by atoms with van der Waals surface area (Å²) in [6.45, 7) is 2.61. The summed E-state index contributed by atoms with van der Waals surface area (Å²) in [5.41, 5.74) is 6.20. The largest absolute Gasteiger partial charge is 0.340 e. The van der Waals surface area contributed by atoms with Gasteiger partial charge in [0.15, 0.2) is 0 Å². The van der Waals surface area contributed by atoms with Crippen LogP contribution in [0.5, 0.6) is 0 Å². The summed E-state index contributed by atoms with van der Waals surface area (Å²) < 4.78 is 0. The number of thioether (sulfide) groups is 1. The maximum Gasteiger partial charge on any atom is 0.273 e. The maximum absolute atomic E-state index is 11.9. The van der Waals surface area contributed by atoms with Gasteiger partial charge in [0.05, 0.1) is 6.04 Å². The average Bonchev–Trinajstić information content (AvgIpc) is 2.74. The molecule has 0 aromatic carbocycles. The highest BCUT2D eigenvalue weighted by molar-refractivity contribution is 7.98. The standard InChI is InChI=1S/C10H17N3OS2/c1-7(11)9-12-8(6-16-9)10(14)13(2)4-5-15-3/h6-7H,4-5,11H2,1-3H3. The van der Waals surface area contributed by atoms with Crippen LogP contribution in [0, 0.1) is 0 Å². The number of nitrogens with two attached hydrogens (primary N) is 1. The van der Waals surface area contributed by atoms with Crippen molar-refractivity contribution >= 4 is 29.0 Å². The number of hydrogen-bond acceptors (Lipinski definition) is 5. The predicted molar refractivity (Wildman–Crippen MR) is 70.1 cm³/mol. The lowest BCUT2D eigenvalue weighted by Gasteiger charge is -2.14. The fraction of sp³-hybridized carbons (Fsp3) is 0.600. The number of carbonyl (C=O) groups is 1. The molecule has 0 radical (unpaired) electrons. The smallest absolute Gasteiger partial charge is 0.273 e. The van der Waals surface area contributed by atoms with Crippen molar-refractivity contribution in [2.45, 2.75) is 13.0 Å². The van der Waals surface area contributed by atoms with Crippen molar-refractivity contribution in [3.05, 3.63) is 16.1 Å². The Labute approximate surface area is 104 Å². The Morgan fingerprint density at radius 1 is 1.75 bits per heavy atom. The molecule has 1 atom stereocenters. The van der Waals surface area contributed by atoms with E-state index in [-0.39, 0.29) is 11.9 Å². The Kier molecular flexibility index (Phi) is 5.24. The number of amides is 1. The summed E-state index contributed by atoms with van der Waals surface area (Å²) in [6, 6.07) is -0.108. The zero-order valence-electron chi connectivity index (χ0n) is 9.77. The molecule has 1 rings (SSSR count). The van der Waals surface area contributed by atoms with Crippen LogP contribution in [0.15, 0.2) is 5.38 Å². The van der Waals surface area contributed by atoms with Crippen molar-refractivity contribution < 1.29 is 4.79 Å². The van der Waals surface area contributed by atoms with Gasteiger partial charge >= 0.3 is 0 Å². The van der Waals surface area contributed by atoms with Crippen LogP contribution in [0.2, 0.25) is 0 Å². The Morgan fingerprint density at radius 2 is 2.44 bits per heavy atom. The summed E-state index contributed by atoms with van der Waals surface area (Å²) in [6.07, 6.45) is 2.02. The Morgan fingerprint density at radius 3 is 2.94 bits per heavy atom. The van der Waals surface area contributed by atoms with Crippen molar-refractivity contribution in [3.63, 3.8) is 0 Å². The van der Waals surface area contributed by atoms with Gasteiger partial charge in [-0.2, -0.15) is 11.8 Å². The second-order valence-electron chi connectivity index (χ2n) is 3.58. The van der Waals surface area contributed by atoms with Crippen LogP contribution in [0.4, 0.5) is 0 Å². The highest BCUT2D eigenvalue weighted by Gasteiger charge is 2.16. The molecule has 0 spiro atoms. The monoisotopic (exact) mass is 259 g/mol. The lowest BCUT2D eigenvalue weighted by molar-refractivity contribution is 0.0798. The van der Waals surface area contributed by atoms with E-state index >= 15 is 0 Å². The van der Waals surface area contributed by atoms with E-state index in [0.717, 1.165) is 17.3 Å². The quantitative estimate of drug-likeness (QED) is 0.872. The third-order valence-corrected chi connectivity index (χ3v) is 3.74. The molecule has 16 heavy (non-hydrogen) atoms. The number of carbonyl (C=O) groups excluding carboxylic acids is 1. The summed E-state index contributed by atoms with van der Waals surface area (Å²) in [4.78, 5) is 17.8. The van der Waals surface area contributed by atoms with E-state index in [4.69, 9.17) is 5.73 Å². The van der Waals surface area contributed by atoms with E-state index in [1.54, 1.807) is 29.1 Å². The van der Waals surface area contributed by atoms with Gasteiger partial charge in [-0.3, -0.25) is 4.79 Å². The van der Waals surface area contributed by atoms with E-state index < -0.39 is 0 Å².